The maximum atomic E-state index is 4.54. The van der Waals surface area contributed by atoms with E-state index in [0.717, 1.165) is 19.5 Å². The van der Waals surface area contributed by atoms with Crippen LogP contribution in [0.3, 0.4) is 0 Å². The quantitative estimate of drug-likeness (QED) is 0.668. The lowest BCUT2D eigenvalue weighted by Crippen LogP contribution is -1.82. The van der Waals surface area contributed by atoms with Crippen LogP contribution in [0.1, 0.15) is 0 Å². The van der Waals surface area contributed by atoms with Crippen LogP contribution in [0.4, 0.5) is 0 Å². The van der Waals surface area contributed by atoms with Crippen molar-refractivity contribution in [3.05, 3.63) is 41.3 Å². The summed E-state index contributed by atoms with van der Waals surface area (Å²) in [5.74, 6) is 0. The molecule has 0 saturated carbocycles. The fourth-order valence-corrected chi connectivity index (χ4v) is 3.80. The van der Waals surface area contributed by atoms with Crippen molar-refractivity contribution in [2.24, 2.45) is 0 Å². The lowest BCUT2D eigenvalue weighted by atomic mass is 10.3. The van der Waals surface area contributed by atoms with Gasteiger partial charge in [-0.1, -0.05) is 12.1 Å². The van der Waals surface area contributed by atoms with Gasteiger partial charge in [0.15, 0.2) is 4.34 Å². The van der Waals surface area contributed by atoms with E-state index in [1.54, 1.807) is 29.4 Å². The van der Waals surface area contributed by atoms with Crippen LogP contribution < -0.4 is 0 Å². The van der Waals surface area contributed by atoms with E-state index in [1.165, 1.54) is 4.70 Å². The fraction of sp³-hybridized carbons (Fsp3) is 0. The molecule has 0 saturated heterocycles. The monoisotopic (exact) mass is 323 g/mol. The normalized spacial score (nSPS) is 10.9. The number of para-hydroxylation sites is 1. The minimum atomic E-state index is 0.788. The van der Waals surface area contributed by atoms with Gasteiger partial charge >= 0.3 is 0 Å². The van der Waals surface area contributed by atoms with Gasteiger partial charge < -0.3 is 0 Å². The predicted molar refractivity (Wildman–Crippen MR) is 73.5 cm³/mol. The van der Waals surface area contributed by atoms with Gasteiger partial charge in [0.05, 0.1) is 10.2 Å². The predicted octanol–water partition coefficient (Wildman–Crippen LogP) is 4.00. The van der Waals surface area contributed by atoms with Crippen LogP contribution in [0.25, 0.3) is 10.2 Å². The van der Waals surface area contributed by atoms with Crippen molar-refractivity contribution in [3.8, 4) is 0 Å². The Morgan fingerprint density at radius 1 is 1.18 bits per heavy atom. The second-order valence-electron chi connectivity index (χ2n) is 3.23. The molecule has 3 aromatic rings. The van der Waals surface area contributed by atoms with E-state index in [4.69, 9.17) is 0 Å². The molecule has 0 aliphatic rings. The number of thiazole rings is 1. The molecule has 3 rings (SSSR count). The summed E-state index contributed by atoms with van der Waals surface area (Å²) in [7, 11) is 0. The van der Waals surface area contributed by atoms with Crippen LogP contribution in [0, 0.1) is 0 Å². The van der Waals surface area contributed by atoms with Crippen molar-refractivity contribution in [1.82, 2.24) is 15.0 Å². The minimum Gasteiger partial charge on any atom is -0.230 e. The third-order valence-electron chi connectivity index (χ3n) is 2.07. The van der Waals surface area contributed by atoms with Gasteiger partial charge in [-0.25, -0.2) is 15.0 Å². The van der Waals surface area contributed by atoms with Crippen LogP contribution >= 0.6 is 39.0 Å². The van der Waals surface area contributed by atoms with Crippen molar-refractivity contribution in [1.29, 1.82) is 0 Å². The van der Waals surface area contributed by atoms with Gasteiger partial charge in [-0.15, -0.1) is 11.3 Å². The molecule has 0 fully saturated rings. The second-order valence-corrected chi connectivity index (χ2v) is 6.34. The SMILES string of the molecule is Brc1cc(Sc2nc3ccccc3s2)ncn1. The summed E-state index contributed by atoms with van der Waals surface area (Å²) < 4.78 is 2.98. The van der Waals surface area contributed by atoms with Crippen molar-refractivity contribution >= 4 is 49.2 Å². The first-order valence-electron chi connectivity index (χ1n) is 4.82. The average Bonchev–Trinajstić information content (AvgIpc) is 2.71. The number of nitrogens with zero attached hydrogens (tertiary/aromatic N) is 3. The van der Waals surface area contributed by atoms with Crippen LogP contribution in [0.5, 0.6) is 0 Å². The van der Waals surface area contributed by atoms with E-state index < -0.39 is 0 Å². The van der Waals surface area contributed by atoms with Crippen molar-refractivity contribution in [3.63, 3.8) is 0 Å². The molecular formula is C11H6BrN3S2. The number of fused-ring (bicyclic) bond motifs is 1. The van der Waals surface area contributed by atoms with Gasteiger partial charge in [0.25, 0.3) is 0 Å². The zero-order chi connectivity index (χ0) is 11.7. The summed E-state index contributed by atoms with van der Waals surface area (Å²) >= 11 is 6.56. The molecule has 84 valence electrons. The number of hydrogen-bond donors (Lipinski definition) is 0. The minimum absolute atomic E-state index is 0.788. The molecule has 0 radical (unpaired) electrons. The third-order valence-corrected chi connectivity index (χ3v) is 4.54. The highest BCUT2D eigenvalue weighted by molar-refractivity contribution is 9.10. The number of aromatic nitrogens is 3. The Hall–Kier alpha value is -0.980. The van der Waals surface area contributed by atoms with Crippen molar-refractivity contribution in [2.45, 2.75) is 9.37 Å². The Balaban J connectivity index is 1.94. The van der Waals surface area contributed by atoms with Gasteiger partial charge in [-0.3, -0.25) is 0 Å². The summed E-state index contributed by atoms with van der Waals surface area (Å²) in [5, 5.41) is 0.894. The first-order valence-corrected chi connectivity index (χ1v) is 7.25. The number of rotatable bonds is 2. The number of hydrogen-bond acceptors (Lipinski definition) is 5. The van der Waals surface area contributed by atoms with Crippen molar-refractivity contribution in [2.75, 3.05) is 0 Å². The summed E-state index contributed by atoms with van der Waals surface area (Å²) in [6, 6.07) is 10.0. The second kappa shape index (κ2) is 4.72. The zero-order valence-electron chi connectivity index (χ0n) is 8.50. The summed E-state index contributed by atoms with van der Waals surface area (Å²) in [6.07, 6.45) is 1.54. The van der Waals surface area contributed by atoms with E-state index in [-0.39, 0.29) is 0 Å². The summed E-state index contributed by atoms with van der Waals surface area (Å²) in [5.41, 5.74) is 1.04. The fourth-order valence-electron chi connectivity index (χ4n) is 1.36. The highest BCUT2D eigenvalue weighted by Gasteiger charge is 2.06. The molecule has 0 spiro atoms. The Morgan fingerprint density at radius 3 is 2.88 bits per heavy atom. The van der Waals surface area contributed by atoms with Crippen LogP contribution in [-0.2, 0) is 0 Å². The molecule has 1 aromatic carbocycles. The molecule has 0 atom stereocenters. The summed E-state index contributed by atoms with van der Waals surface area (Å²) in [4.78, 5) is 12.7. The molecule has 0 aliphatic heterocycles. The van der Waals surface area contributed by atoms with Crippen molar-refractivity contribution < 1.29 is 0 Å². The first kappa shape index (κ1) is 11.1. The topological polar surface area (TPSA) is 38.7 Å². The Morgan fingerprint density at radius 2 is 2.06 bits per heavy atom. The van der Waals surface area contributed by atoms with E-state index in [0.29, 0.717) is 0 Å². The standard InChI is InChI=1S/C11H6BrN3S2/c12-9-5-10(14-6-13-9)17-11-15-7-3-1-2-4-8(7)16-11/h1-6H. The Bertz CT molecular complexity index is 635. The van der Waals surface area contributed by atoms with Crippen LogP contribution in [0.15, 0.2) is 50.6 Å². The Labute approximate surface area is 114 Å². The molecule has 0 N–H and O–H groups in total. The average molecular weight is 324 g/mol. The zero-order valence-corrected chi connectivity index (χ0v) is 11.7. The molecule has 2 aromatic heterocycles. The molecule has 2 heterocycles. The molecule has 3 nitrogen and oxygen atoms in total. The highest BCUT2D eigenvalue weighted by Crippen LogP contribution is 2.33. The van der Waals surface area contributed by atoms with Crippen LogP contribution in [-0.4, -0.2) is 15.0 Å². The van der Waals surface area contributed by atoms with E-state index in [1.807, 2.05) is 24.3 Å². The lowest BCUT2D eigenvalue weighted by molar-refractivity contribution is 1.03. The summed E-state index contributed by atoms with van der Waals surface area (Å²) in [6.45, 7) is 0. The van der Waals surface area contributed by atoms with Crippen LogP contribution in [0.2, 0.25) is 0 Å². The molecule has 0 bridgehead atoms. The molecule has 17 heavy (non-hydrogen) atoms. The molecule has 0 amide bonds. The smallest absolute Gasteiger partial charge is 0.157 e. The lowest BCUT2D eigenvalue weighted by Gasteiger charge is -1.95. The molecule has 0 aliphatic carbocycles. The van der Waals surface area contributed by atoms with Gasteiger partial charge in [-0.2, -0.15) is 0 Å². The first-order chi connectivity index (χ1) is 8.31. The maximum absolute atomic E-state index is 4.54. The Kier molecular flexibility index (Phi) is 3.09. The molecule has 6 heteroatoms. The number of benzene rings is 1. The third kappa shape index (κ3) is 2.48. The van der Waals surface area contributed by atoms with Gasteiger partial charge in [0.1, 0.15) is 16.0 Å². The van der Waals surface area contributed by atoms with E-state index in [9.17, 15) is 0 Å². The molecular weight excluding hydrogens is 318 g/mol. The number of halogens is 1. The molecule has 0 unspecified atom stereocenters. The van der Waals surface area contributed by atoms with E-state index in [2.05, 4.69) is 36.9 Å². The van der Waals surface area contributed by atoms with Gasteiger partial charge in [-0.05, 0) is 39.8 Å². The van der Waals surface area contributed by atoms with Gasteiger partial charge in [0, 0.05) is 6.07 Å². The highest BCUT2D eigenvalue weighted by atomic mass is 79.9. The van der Waals surface area contributed by atoms with E-state index >= 15 is 0 Å². The maximum Gasteiger partial charge on any atom is 0.157 e. The largest absolute Gasteiger partial charge is 0.230 e. The van der Waals surface area contributed by atoms with Gasteiger partial charge in [0.2, 0.25) is 0 Å².